The Kier molecular flexibility index (Phi) is 4.93. The highest BCUT2D eigenvalue weighted by atomic mass is 79.9. The summed E-state index contributed by atoms with van der Waals surface area (Å²) in [6, 6.07) is 4.17. The first kappa shape index (κ1) is 14.9. The summed E-state index contributed by atoms with van der Waals surface area (Å²) in [6.45, 7) is 9.23. The first-order valence-electron chi connectivity index (χ1n) is 5.70. The molecule has 4 heteroatoms. The van der Waals surface area contributed by atoms with E-state index in [2.05, 4.69) is 48.5 Å². The van der Waals surface area contributed by atoms with Crippen LogP contribution in [0.25, 0.3) is 0 Å². The van der Waals surface area contributed by atoms with Crippen molar-refractivity contribution < 1.29 is 4.79 Å². The molecule has 1 unspecified atom stereocenters. The van der Waals surface area contributed by atoms with Crippen molar-refractivity contribution in [2.75, 3.05) is 13.6 Å². The van der Waals surface area contributed by atoms with Crippen LogP contribution in [-0.2, 0) is 0 Å². The second-order valence-electron chi connectivity index (χ2n) is 5.48. The zero-order valence-corrected chi connectivity index (χ0v) is 13.5. The molecule has 96 valence electrons. The van der Waals surface area contributed by atoms with E-state index in [1.165, 1.54) is 11.3 Å². The lowest BCUT2D eigenvalue weighted by Gasteiger charge is -2.34. The van der Waals surface area contributed by atoms with E-state index < -0.39 is 0 Å². The molecular weight excluding hydrogens is 298 g/mol. The van der Waals surface area contributed by atoms with Crippen LogP contribution in [0.4, 0.5) is 0 Å². The van der Waals surface area contributed by atoms with Gasteiger partial charge in [0.1, 0.15) is 0 Å². The fourth-order valence-electron chi connectivity index (χ4n) is 1.57. The van der Waals surface area contributed by atoms with Crippen molar-refractivity contribution in [1.29, 1.82) is 0 Å². The number of ketones is 1. The van der Waals surface area contributed by atoms with Gasteiger partial charge in [-0.3, -0.25) is 9.69 Å². The topological polar surface area (TPSA) is 20.3 Å². The predicted molar refractivity (Wildman–Crippen MR) is 77.9 cm³/mol. The highest BCUT2D eigenvalue weighted by Crippen LogP contribution is 2.25. The number of thiophene rings is 1. The van der Waals surface area contributed by atoms with E-state index in [0.717, 1.165) is 8.66 Å². The summed E-state index contributed by atoms with van der Waals surface area (Å²) >= 11 is 4.88. The van der Waals surface area contributed by atoms with E-state index in [0.29, 0.717) is 12.6 Å². The largest absolute Gasteiger partial charge is 0.296 e. The van der Waals surface area contributed by atoms with Crippen molar-refractivity contribution in [3.05, 3.63) is 20.8 Å². The fourth-order valence-corrected chi connectivity index (χ4v) is 2.88. The number of nitrogens with zero attached hydrogens (tertiary/aromatic N) is 1. The standard InChI is InChI=1S/C13H20BrNOS/c1-9(13(2,3)4)15(5)8-10(16)11-6-7-12(14)17-11/h6-7,9H,8H2,1-5H3. The SMILES string of the molecule is CC(N(C)CC(=O)c1ccc(Br)s1)C(C)(C)C. The van der Waals surface area contributed by atoms with Crippen molar-refractivity contribution in [3.63, 3.8) is 0 Å². The van der Waals surface area contributed by atoms with Crippen LogP contribution in [0.1, 0.15) is 37.4 Å². The Bertz CT molecular complexity index is 394. The Morgan fingerprint density at radius 2 is 2.06 bits per heavy atom. The van der Waals surface area contributed by atoms with Crippen molar-refractivity contribution in [2.24, 2.45) is 5.41 Å². The molecular formula is C13H20BrNOS. The third-order valence-corrected chi connectivity index (χ3v) is 4.82. The molecule has 0 radical (unpaired) electrons. The normalized spacial score (nSPS) is 14.1. The third kappa shape index (κ3) is 4.19. The van der Waals surface area contributed by atoms with Gasteiger partial charge in [0.15, 0.2) is 5.78 Å². The van der Waals surface area contributed by atoms with Crippen LogP contribution in [0.15, 0.2) is 15.9 Å². The molecule has 0 aliphatic carbocycles. The lowest BCUT2D eigenvalue weighted by molar-refractivity contribution is 0.0857. The van der Waals surface area contributed by atoms with Crippen LogP contribution in [-0.4, -0.2) is 30.3 Å². The number of carbonyl (C=O) groups excluding carboxylic acids is 1. The van der Waals surface area contributed by atoms with Gasteiger partial charge in [0.25, 0.3) is 0 Å². The average Bonchev–Trinajstić information content (AvgIpc) is 2.62. The summed E-state index contributed by atoms with van der Waals surface area (Å²) in [5, 5.41) is 0. The fraction of sp³-hybridized carbons (Fsp3) is 0.615. The van der Waals surface area contributed by atoms with Crippen LogP contribution < -0.4 is 0 Å². The maximum absolute atomic E-state index is 12.0. The van der Waals surface area contributed by atoms with Gasteiger partial charge in [0.2, 0.25) is 0 Å². The molecule has 1 aromatic heterocycles. The molecule has 0 amide bonds. The van der Waals surface area contributed by atoms with Crippen LogP contribution in [0.2, 0.25) is 0 Å². The smallest absolute Gasteiger partial charge is 0.186 e. The number of Topliss-reactive ketones (excluding diaryl/α,β-unsaturated/α-hetero) is 1. The molecule has 17 heavy (non-hydrogen) atoms. The zero-order valence-electron chi connectivity index (χ0n) is 11.1. The Morgan fingerprint density at radius 3 is 2.47 bits per heavy atom. The van der Waals surface area contributed by atoms with Crippen molar-refractivity contribution in [1.82, 2.24) is 4.90 Å². The van der Waals surface area contributed by atoms with Crippen LogP contribution in [0, 0.1) is 5.41 Å². The molecule has 0 saturated heterocycles. The molecule has 0 aliphatic rings. The van der Waals surface area contributed by atoms with E-state index in [9.17, 15) is 4.79 Å². The average molecular weight is 318 g/mol. The maximum atomic E-state index is 12.0. The van der Waals surface area contributed by atoms with E-state index in [-0.39, 0.29) is 11.2 Å². The molecule has 0 saturated carbocycles. The summed E-state index contributed by atoms with van der Waals surface area (Å²) in [7, 11) is 2.01. The molecule has 0 fully saturated rings. The van der Waals surface area contributed by atoms with Gasteiger partial charge in [-0.05, 0) is 47.4 Å². The monoisotopic (exact) mass is 317 g/mol. The van der Waals surface area contributed by atoms with E-state index in [4.69, 9.17) is 0 Å². The van der Waals surface area contributed by atoms with Gasteiger partial charge >= 0.3 is 0 Å². The molecule has 1 heterocycles. The predicted octanol–water partition coefficient (Wildman–Crippen LogP) is 4.06. The summed E-state index contributed by atoms with van der Waals surface area (Å²) in [5.74, 6) is 0.194. The van der Waals surface area contributed by atoms with Gasteiger partial charge in [-0.15, -0.1) is 11.3 Å². The molecule has 0 N–H and O–H groups in total. The first-order valence-corrected chi connectivity index (χ1v) is 7.31. The van der Waals surface area contributed by atoms with Gasteiger partial charge in [-0.25, -0.2) is 0 Å². The highest BCUT2D eigenvalue weighted by molar-refractivity contribution is 9.11. The lowest BCUT2D eigenvalue weighted by atomic mass is 9.87. The van der Waals surface area contributed by atoms with E-state index in [1.807, 2.05) is 19.2 Å². The molecule has 1 rings (SSSR count). The second-order valence-corrected chi connectivity index (χ2v) is 7.95. The van der Waals surface area contributed by atoms with Crippen LogP contribution in [0.3, 0.4) is 0 Å². The first-order chi connectivity index (χ1) is 7.71. The van der Waals surface area contributed by atoms with Gasteiger partial charge < -0.3 is 0 Å². The van der Waals surface area contributed by atoms with Gasteiger partial charge in [-0.2, -0.15) is 0 Å². The number of carbonyl (C=O) groups is 1. The zero-order chi connectivity index (χ0) is 13.2. The maximum Gasteiger partial charge on any atom is 0.186 e. The molecule has 0 bridgehead atoms. The summed E-state index contributed by atoms with van der Waals surface area (Å²) in [6.07, 6.45) is 0. The van der Waals surface area contributed by atoms with Crippen LogP contribution in [0.5, 0.6) is 0 Å². The minimum atomic E-state index is 0.186. The minimum Gasteiger partial charge on any atom is -0.296 e. The number of rotatable bonds is 4. The van der Waals surface area contributed by atoms with Crippen molar-refractivity contribution >= 4 is 33.0 Å². The van der Waals surface area contributed by atoms with Gasteiger partial charge in [0, 0.05) is 6.04 Å². The number of hydrogen-bond acceptors (Lipinski definition) is 3. The summed E-state index contributed by atoms with van der Waals surface area (Å²) < 4.78 is 1.01. The number of likely N-dealkylation sites (N-methyl/N-ethyl adjacent to an activating group) is 1. The van der Waals surface area contributed by atoms with Crippen molar-refractivity contribution in [3.8, 4) is 0 Å². The highest BCUT2D eigenvalue weighted by Gasteiger charge is 2.25. The molecule has 1 aromatic rings. The quantitative estimate of drug-likeness (QED) is 0.780. The van der Waals surface area contributed by atoms with E-state index in [1.54, 1.807) is 0 Å². The summed E-state index contributed by atoms with van der Waals surface area (Å²) in [4.78, 5) is 15.0. The Balaban J connectivity index is 2.63. The molecule has 1 atom stereocenters. The van der Waals surface area contributed by atoms with Crippen molar-refractivity contribution in [2.45, 2.75) is 33.7 Å². The van der Waals surface area contributed by atoms with Gasteiger partial charge in [0.05, 0.1) is 15.2 Å². The third-order valence-electron chi connectivity index (χ3n) is 3.16. The molecule has 0 aliphatic heterocycles. The molecule has 2 nitrogen and oxygen atoms in total. The van der Waals surface area contributed by atoms with E-state index >= 15 is 0 Å². The lowest BCUT2D eigenvalue weighted by Crippen LogP contribution is -2.41. The number of halogens is 1. The Labute approximate surface area is 116 Å². The van der Waals surface area contributed by atoms with Crippen LogP contribution >= 0.6 is 27.3 Å². The number of hydrogen-bond donors (Lipinski definition) is 0. The van der Waals surface area contributed by atoms with Gasteiger partial charge in [-0.1, -0.05) is 20.8 Å². The summed E-state index contributed by atoms with van der Waals surface area (Å²) in [5.41, 5.74) is 0.186. The Morgan fingerprint density at radius 1 is 1.47 bits per heavy atom. The second kappa shape index (κ2) is 5.63. The minimum absolute atomic E-state index is 0.186. The molecule has 0 aromatic carbocycles. The molecule has 0 spiro atoms. The Hall–Kier alpha value is -0.190.